The van der Waals surface area contributed by atoms with Gasteiger partial charge in [-0.05, 0) is 39.5 Å². The highest BCUT2D eigenvalue weighted by molar-refractivity contribution is 5.68. The summed E-state index contributed by atoms with van der Waals surface area (Å²) in [7, 11) is 0. The van der Waals surface area contributed by atoms with Gasteiger partial charge in [-0.2, -0.15) is 0 Å². The first-order chi connectivity index (χ1) is 7.78. The molecule has 17 heavy (non-hydrogen) atoms. The van der Waals surface area contributed by atoms with Gasteiger partial charge in [0.2, 0.25) is 0 Å². The van der Waals surface area contributed by atoms with E-state index in [2.05, 4.69) is 6.58 Å². The standard InChI is InChI=1S/C13H23NO3/c1-10(15)9-11-5-7-14(8-6-11)12(16)17-13(2,3)4/h11,15H,1,5-9H2,2-4H3. The minimum absolute atomic E-state index is 0.237. The molecular formula is C13H23NO3. The smallest absolute Gasteiger partial charge is 0.410 e. The molecule has 98 valence electrons. The molecule has 0 atom stereocenters. The second-order valence-electron chi connectivity index (χ2n) is 5.68. The number of rotatable bonds is 2. The van der Waals surface area contributed by atoms with Crippen LogP contribution in [0, 0.1) is 5.92 Å². The Balaban J connectivity index is 2.36. The van der Waals surface area contributed by atoms with Crippen molar-refractivity contribution in [1.82, 2.24) is 4.90 Å². The predicted molar refractivity (Wildman–Crippen MR) is 66.9 cm³/mol. The predicted octanol–water partition coefficient (Wildman–Crippen LogP) is 3.10. The summed E-state index contributed by atoms with van der Waals surface area (Å²) < 4.78 is 5.31. The molecular weight excluding hydrogens is 218 g/mol. The molecule has 1 aliphatic heterocycles. The average molecular weight is 241 g/mol. The minimum atomic E-state index is -0.437. The van der Waals surface area contributed by atoms with Gasteiger partial charge in [0.15, 0.2) is 0 Å². The molecule has 1 aliphatic rings. The van der Waals surface area contributed by atoms with Gasteiger partial charge in [-0.25, -0.2) is 4.79 Å². The monoisotopic (exact) mass is 241 g/mol. The Labute approximate surface area is 103 Å². The lowest BCUT2D eigenvalue weighted by atomic mass is 9.93. The Bertz CT molecular complexity index is 286. The zero-order chi connectivity index (χ0) is 13.1. The second-order valence-corrected chi connectivity index (χ2v) is 5.68. The van der Waals surface area contributed by atoms with Crippen molar-refractivity contribution in [2.45, 2.75) is 45.6 Å². The van der Waals surface area contributed by atoms with Crippen LogP contribution in [-0.2, 0) is 4.74 Å². The van der Waals surface area contributed by atoms with Gasteiger partial charge in [-0.15, -0.1) is 0 Å². The first-order valence-corrected chi connectivity index (χ1v) is 6.12. The van der Waals surface area contributed by atoms with Crippen LogP contribution in [0.25, 0.3) is 0 Å². The summed E-state index contributed by atoms with van der Waals surface area (Å²) in [5.74, 6) is 0.673. The van der Waals surface area contributed by atoms with Crippen molar-refractivity contribution in [1.29, 1.82) is 0 Å². The van der Waals surface area contributed by atoms with E-state index in [4.69, 9.17) is 9.84 Å². The molecule has 0 aromatic heterocycles. The van der Waals surface area contributed by atoms with E-state index in [9.17, 15) is 4.79 Å². The largest absolute Gasteiger partial charge is 0.513 e. The van der Waals surface area contributed by atoms with E-state index in [1.807, 2.05) is 20.8 Å². The number of ether oxygens (including phenoxy) is 1. The molecule has 1 amide bonds. The number of nitrogens with zero attached hydrogens (tertiary/aromatic N) is 1. The van der Waals surface area contributed by atoms with Gasteiger partial charge in [0.1, 0.15) is 5.60 Å². The maximum Gasteiger partial charge on any atom is 0.410 e. The van der Waals surface area contributed by atoms with Crippen molar-refractivity contribution in [3.63, 3.8) is 0 Å². The molecule has 0 unspecified atom stereocenters. The van der Waals surface area contributed by atoms with Gasteiger partial charge in [0, 0.05) is 19.5 Å². The van der Waals surface area contributed by atoms with Gasteiger partial charge in [-0.3, -0.25) is 0 Å². The molecule has 0 radical (unpaired) electrons. The number of carbonyl (C=O) groups is 1. The van der Waals surface area contributed by atoms with E-state index < -0.39 is 5.60 Å². The maximum atomic E-state index is 11.8. The highest BCUT2D eigenvalue weighted by Crippen LogP contribution is 2.23. The third kappa shape index (κ3) is 5.11. The number of likely N-dealkylation sites (tertiary alicyclic amines) is 1. The van der Waals surface area contributed by atoms with Crippen LogP contribution in [0.1, 0.15) is 40.0 Å². The number of allylic oxidation sites excluding steroid dienone is 1. The van der Waals surface area contributed by atoms with Crippen LogP contribution in [-0.4, -0.2) is 34.8 Å². The van der Waals surface area contributed by atoms with Crippen LogP contribution in [0.5, 0.6) is 0 Å². The lowest BCUT2D eigenvalue weighted by Gasteiger charge is -2.33. The molecule has 1 saturated heterocycles. The van der Waals surface area contributed by atoms with Crippen molar-refractivity contribution in [3.8, 4) is 0 Å². The number of hydrogen-bond donors (Lipinski definition) is 1. The summed E-state index contributed by atoms with van der Waals surface area (Å²) in [5, 5.41) is 9.13. The average Bonchev–Trinajstić information content (AvgIpc) is 2.15. The topological polar surface area (TPSA) is 49.8 Å². The van der Waals surface area contributed by atoms with E-state index in [-0.39, 0.29) is 11.9 Å². The third-order valence-electron chi connectivity index (χ3n) is 2.79. The lowest BCUT2D eigenvalue weighted by Crippen LogP contribution is -2.41. The molecule has 0 spiro atoms. The molecule has 0 aromatic rings. The quantitative estimate of drug-likeness (QED) is 0.756. The summed E-state index contributed by atoms with van der Waals surface area (Å²) in [6.07, 6.45) is 2.21. The molecule has 1 heterocycles. The number of hydrogen-bond acceptors (Lipinski definition) is 3. The Morgan fingerprint density at radius 1 is 1.41 bits per heavy atom. The Morgan fingerprint density at radius 3 is 2.35 bits per heavy atom. The molecule has 4 heteroatoms. The first-order valence-electron chi connectivity index (χ1n) is 6.12. The molecule has 0 bridgehead atoms. The number of piperidine rings is 1. The Morgan fingerprint density at radius 2 is 1.94 bits per heavy atom. The van der Waals surface area contributed by atoms with E-state index in [0.29, 0.717) is 25.4 Å². The number of aliphatic hydroxyl groups excluding tert-OH is 1. The fraction of sp³-hybridized carbons (Fsp3) is 0.769. The number of amides is 1. The van der Waals surface area contributed by atoms with Crippen molar-refractivity contribution >= 4 is 6.09 Å². The normalized spacial score (nSPS) is 17.9. The van der Waals surface area contributed by atoms with E-state index in [0.717, 1.165) is 12.8 Å². The fourth-order valence-electron chi connectivity index (χ4n) is 1.98. The highest BCUT2D eigenvalue weighted by Gasteiger charge is 2.26. The summed E-state index contributed by atoms with van der Waals surface area (Å²) in [4.78, 5) is 13.5. The molecule has 1 rings (SSSR count). The summed E-state index contributed by atoms with van der Waals surface area (Å²) in [6, 6.07) is 0. The summed E-state index contributed by atoms with van der Waals surface area (Å²) in [6.45, 7) is 10.5. The van der Waals surface area contributed by atoms with Crippen LogP contribution in [0.15, 0.2) is 12.3 Å². The second kappa shape index (κ2) is 5.43. The molecule has 4 nitrogen and oxygen atoms in total. The fourth-order valence-corrected chi connectivity index (χ4v) is 1.98. The maximum absolute atomic E-state index is 11.8. The first kappa shape index (κ1) is 13.9. The third-order valence-corrected chi connectivity index (χ3v) is 2.79. The van der Waals surface area contributed by atoms with Crippen LogP contribution in [0.4, 0.5) is 4.79 Å². The molecule has 0 saturated carbocycles. The van der Waals surface area contributed by atoms with Crippen molar-refractivity contribution in [2.24, 2.45) is 5.92 Å². The van der Waals surface area contributed by atoms with Crippen molar-refractivity contribution in [3.05, 3.63) is 12.3 Å². The van der Waals surface area contributed by atoms with Crippen LogP contribution in [0.3, 0.4) is 0 Å². The summed E-state index contributed by atoms with van der Waals surface area (Å²) in [5.41, 5.74) is -0.437. The zero-order valence-corrected chi connectivity index (χ0v) is 11.0. The zero-order valence-electron chi connectivity index (χ0n) is 11.0. The van der Waals surface area contributed by atoms with E-state index in [1.165, 1.54) is 0 Å². The molecule has 1 fully saturated rings. The van der Waals surface area contributed by atoms with Gasteiger partial charge in [0.05, 0.1) is 5.76 Å². The van der Waals surface area contributed by atoms with Crippen LogP contribution in [0.2, 0.25) is 0 Å². The Kier molecular flexibility index (Phi) is 4.43. The number of aliphatic hydroxyl groups is 1. The molecule has 1 N–H and O–H groups in total. The lowest BCUT2D eigenvalue weighted by molar-refractivity contribution is 0.0182. The van der Waals surface area contributed by atoms with Gasteiger partial charge >= 0.3 is 6.09 Å². The van der Waals surface area contributed by atoms with E-state index in [1.54, 1.807) is 4.90 Å². The van der Waals surface area contributed by atoms with Gasteiger partial charge < -0.3 is 14.7 Å². The SMILES string of the molecule is C=C(O)CC1CCN(C(=O)OC(C)(C)C)CC1. The minimum Gasteiger partial charge on any atom is -0.513 e. The van der Waals surface area contributed by atoms with E-state index >= 15 is 0 Å². The number of carbonyl (C=O) groups excluding carboxylic acids is 1. The molecule has 0 aliphatic carbocycles. The summed E-state index contributed by atoms with van der Waals surface area (Å²) >= 11 is 0. The van der Waals surface area contributed by atoms with Crippen molar-refractivity contribution < 1.29 is 14.6 Å². The van der Waals surface area contributed by atoms with Crippen molar-refractivity contribution in [2.75, 3.05) is 13.1 Å². The highest BCUT2D eigenvalue weighted by atomic mass is 16.6. The van der Waals surface area contributed by atoms with Gasteiger partial charge in [0.25, 0.3) is 0 Å². The Hall–Kier alpha value is -1.19. The van der Waals surface area contributed by atoms with Crippen LogP contribution < -0.4 is 0 Å². The van der Waals surface area contributed by atoms with Gasteiger partial charge in [-0.1, -0.05) is 6.58 Å². The van der Waals surface area contributed by atoms with Crippen LogP contribution >= 0.6 is 0 Å². The molecule has 0 aromatic carbocycles.